The van der Waals surface area contributed by atoms with E-state index in [1.54, 1.807) is 6.08 Å². The zero-order valence-electron chi connectivity index (χ0n) is 8.35. The van der Waals surface area contributed by atoms with Gasteiger partial charge in [-0.2, -0.15) is 0 Å². The zero-order valence-corrected chi connectivity index (χ0v) is 8.35. The lowest BCUT2D eigenvalue weighted by molar-refractivity contribution is -0.137. The second-order valence-corrected chi connectivity index (χ2v) is 3.16. The highest BCUT2D eigenvalue weighted by atomic mass is 16.4. The summed E-state index contributed by atoms with van der Waals surface area (Å²) in [4.78, 5) is 10.2. The maximum absolute atomic E-state index is 10.2. The topological polar surface area (TPSA) is 57.5 Å². The summed E-state index contributed by atoms with van der Waals surface area (Å²) in [6, 6.07) is 0. The summed E-state index contributed by atoms with van der Waals surface area (Å²) in [7, 11) is 0. The molecule has 0 aromatic carbocycles. The lowest BCUT2D eigenvalue weighted by Crippen LogP contribution is -2.08. The Labute approximate surface area is 84.8 Å². The molecule has 0 saturated carbocycles. The Morgan fingerprint density at radius 2 is 2.07 bits per heavy atom. The number of allylic oxidation sites excluding steroid dienone is 3. The number of hydrogen-bond acceptors (Lipinski definition) is 2. The number of rotatable bonds is 8. The van der Waals surface area contributed by atoms with Crippen molar-refractivity contribution in [2.45, 2.75) is 38.2 Å². The highest BCUT2D eigenvalue weighted by Gasteiger charge is 2.05. The van der Waals surface area contributed by atoms with Crippen LogP contribution < -0.4 is 0 Å². The quantitative estimate of drug-likeness (QED) is 0.587. The summed E-state index contributed by atoms with van der Waals surface area (Å²) in [5.74, 6) is -0.855. The van der Waals surface area contributed by atoms with Gasteiger partial charge in [-0.25, -0.2) is 0 Å². The molecule has 0 aliphatic carbocycles. The van der Waals surface area contributed by atoms with Gasteiger partial charge in [-0.3, -0.25) is 4.79 Å². The number of carbonyl (C=O) groups is 1. The molecule has 0 spiro atoms. The van der Waals surface area contributed by atoms with E-state index in [1.165, 1.54) is 0 Å². The Bertz CT molecular complexity index is 197. The minimum atomic E-state index is -0.855. The monoisotopic (exact) mass is 198 g/mol. The molecular formula is C11H18O3. The van der Waals surface area contributed by atoms with Crippen LogP contribution in [-0.2, 0) is 4.79 Å². The summed E-state index contributed by atoms with van der Waals surface area (Å²) >= 11 is 0. The highest BCUT2D eigenvalue weighted by molar-refractivity contribution is 5.66. The van der Waals surface area contributed by atoms with E-state index in [4.69, 9.17) is 5.11 Å². The number of aliphatic hydroxyl groups is 1. The van der Waals surface area contributed by atoms with Crippen LogP contribution in [0, 0.1) is 0 Å². The predicted molar refractivity (Wildman–Crippen MR) is 56.1 cm³/mol. The van der Waals surface area contributed by atoms with Crippen LogP contribution >= 0.6 is 0 Å². The van der Waals surface area contributed by atoms with Crippen molar-refractivity contribution in [1.29, 1.82) is 0 Å². The fourth-order valence-electron chi connectivity index (χ4n) is 1.03. The first kappa shape index (κ1) is 12.9. The maximum atomic E-state index is 10.2. The van der Waals surface area contributed by atoms with E-state index in [0.29, 0.717) is 12.8 Å². The third-order valence-electron chi connectivity index (χ3n) is 1.83. The lowest BCUT2D eigenvalue weighted by Gasteiger charge is -2.06. The number of hydrogen-bond donors (Lipinski definition) is 2. The van der Waals surface area contributed by atoms with Gasteiger partial charge >= 0.3 is 5.97 Å². The number of aliphatic carboxylic acids is 1. The smallest absolute Gasteiger partial charge is 0.303 e. The van der Waals surface area contributed by atoms with Gasteiger partial charge in [0.1, 0.15) is 0 Å². The Kier molecular flexibility index (Phi) is 7.84. The molecule has 3 heteroatoms. The van der Waals surface area contributed by atoms with Crippen molar-refractivity contribution in [3.05, 3.63) is 24.8 Å². The molecule has 0 saturated heterocycles. The maximum Gasteiger partial charge on any atom is 0.303 e. The standard InChI is InChI=1S/C11H18O3/c1-2-3-4-5-6-7-10(12)8-9-11(13)14/h2,4-5,10,12H,1,3,6-9H2,(H,13,14). The van der Waals surface area contributed by atoms with Crippen LogP contribution in [0.3, 0.4) is 0 Å². The van der Waals surface area contributed by atoms with Gasteiger partial charge in [-0.15, -0.1) is 6.58 Å². The minimum absolute atomic E-state index is 0.0392. The SMILES string of the molecule is C=CCC=CCCC(O)CCC(=O)O. The Balaban J connectivity index is 3.38. The van der Waals surface area contributed by atoms with Crippen LogP contribution in [0.5, 0.6) is 0 Å². The summed E-state index contributed by atoms with van der Waals surface area (Å²) < 4.78 is 0. The average Bonchev–Trinajstić information content (AvgIpc) is 2.14. The second-order valence-electron chi connectivity index (χ2n) is 3.16. The van der Waals surface area contributed by atoms with E-state index in [9.17, 15) is 9.90 Å². The van der Waals surface area contributed by atoms with Crippen molar-refractivity contribution in [3.63, 3.8) is 0 Å². The van der Waals surface area contributed by atoms with Crippen molar-refractivity contribution >= 4 is 5.97 Å². The van der Waals surface area contributed by atoms with E-state index in [2.05, 4.69) is 6.58 Å². The van der Waals surface area contributed by atoms with Crippen molar-refractivity contribution in [1.82, 2.24) is 0 Å². The van der Waals surface area contributed by atoms with Gasteiger partial charge in [-0.1, -0.05) is 18.2 Å². The molecule has 0 aliphatic rings. The first-order valence-electron chi connectivity index (χ1n) is 4.82. The summed E-state index contributed by atoms with van der Waals surface area (Å²) in [5, 5.41) is 17.7. The molecule has 0 heterocycles. The Morgan fingerprint density at radius 3 is 2.64 bits per heavy atom. The molecule has 1 unspecified atom stereocenters. The van der Waals surface area contributed by atoms with Crippen molar-refractivity contribution < 1.29 is 15.0 Å². The molecule has 0 fully saturated rings. The van der Waals surface area contributed by atoms with E-state index < -0.39 is 12.1 Å². The van der Waals surface area contributed by atoms with E-state index in [0.717, 1.165) is 12.8 Å². The van der Waals surface area contributed by atoms with Crippen LogP contribution in [0.4, 0.5) is 0 Å². The molecule has 0 aliphatic heterocycles. The Hall–Kier alpha value is -1.09. The van der Waals surface area contributed by atoms with Gasteiger partial charge in [0.25, 0.3) is 0 Å². The van der Waals surface area contributed by atoms with Gasteiger partial charge in [0.2, 0.25) is 0 Å². The fourth-order valence-corrected chi connectivity index (χ4v) is 1.03. The fraction of sp³-hybridized carbons (Fsp3) is 0.545. The molecule has 0 rings (SSSR count). The molecule has 2 N–H and O–H groups in total. The molecular weight excluding hydrogens is 180 g/mol. The molecule has 3 nitrogen and oxygen atoms in total. The van der Waals surface area contributed by atoms with Gasteiger partial charge in [-0.05, 0) is 25.7 Å². The third kappa shape index (κ3) is 9.00. The van der Waals surface area contributed by atoms with Gasteiger partial charge in [0.15, 0.2) is 0 Å². The van der Waals surface area contributed by atoms with Crippen LogP contribution in [0.25, 0.3) is 0 Å². The van der Waals surface area contributed by atoms with E-state index in [1.807, 2.05) is 12.2 Å². The zero-order chi connectivity index (χ0) is 10.8. The van der Waals surface area contributed by atoms with Crippen LogP contribution in [0.2, 0.25) is 0 Å². The number of aliphatic hydroxyl groups excluding tert-OH is 1. The van der Waals surface area contributed by atoms with Gasteiger partial charge in [0, 0.05) is 6.42 Å². The highest BCUT2D eigenvalue weighted by Crippen LogP contribution is 2.05. The molecule has 0 aromatic rings. The third-order valence-corrected chi connectivity index (χ3v) is 1.83. The number of carboxylic acid groups (broad SMARTS) is 1. The first-order chi connectivity index (χ1) is 6.66. The second kappa shape index (κ2) is 8.51. The minimum Gasteiger partial charge on any atom is -0.481 e. The molecule has 0 amide bonds. The van der Waals surface area contributed by atoms with Crippen molar-refractivity contribution in [3.8, 4) is 0 Å². The summed E-state index contributed by atoms with van der Waals surface area (Å²) in [6.07, 6.45) is 7.89. The molecule has 0 radical (unpaired) electrons. The molecule has 1 atom stereocenters. The van der Waals surface area contributed by atoms with Crippen LogP contribution in [-0.4, -0.2) is 22.3 Å². The van der Waals surface area contributed by atoms with Crippen LogP contribution in [0.15, 0.2) is 24.8 Å². The molecule has 80 valence electrons. The first-order valence-corrected chi connectivity index (χ1v) is 4.82. The predicted octanol–water partition coefficient (Wildman–Crippen LogP) is 2.12. The molecule has 0 bridgehead atoms. The summed E-state index contributed by atoms with van der Waals surface area (Å²) in [5.41, 5.74) is 0. The van der Waals surface area contributed by atoms with E-state index >= 15 is 0 Å². The average molecular weight is 198 g/mol. The molecule has 0 aromatic heterocycles. The van der Waals surface area contributed by atoms with E-state index in [-0.39, 0.29) is 6.42 Å². The van der Waals surface area contributed by atoms with Crippen LogP contribution in [0.1, 0.15) is 32.1 Å². The Morgan fingerprint density at radius 1 is 1.36 bits per heavy atom. The van der Waals surface area contributed by atoms with Crippen molar-refractivity contribution in [2.75, 3.05) is 0 Å². The van der Waals surface area contributed by atoms with Crippen molar-refractivity contribution in [2.24, 2.45) is 0 Å². The lowest BCUT2D eigenvalue weighted by atomic mass is 10.1. The number of carboxylic acids is 1. The van der Waals surface area contributed by atoms with Gasteiger partial charge < -0.3 is 10.2 Å². The normalized spacial score (nSPS) is 12.9. The summed E-state index contributed by atoms with van der Waals surface area (Å²) in [6.45, 7) is 3.58. The van der Waals surface area contributed by atoms with Gasteiger partial charge in [0.05, 0.1) is 6.10 Å². The largest absolute Gasteiger partial charge is 0.481 e. The molecule has 14 heavy (non-hydrogen) atoms.